The third kappa shape index (κ3) is 24.5. The van der Waals surface area contributed by atoms with Gasteiger partial charge in [-0.3, -0.25) is 0 Å². The number of rotatable bonds is 23. The van der Waals surface area contributed by atoms with Crippen LogP contribution in [0.1, 0.15) is 136 Å². The Balaban J connectivity index is 3.88. The smallest absolute Gasteiger partial charge is 0.157 e. The van der Waals surface area contributed by atoms with Gasteiger partial charge in [-0.1, -0.05) is 107 Å². The second kappa shape index (κ2) is 27.2. The Bertz CT molecular complexity index is 357. The summed E-state index contributed by atoms with van der Waals surface area (Å²) in [6.45, 7) is 6.26. The molecule has 0 aromatic rings. The highest BCUT2D eigenvalue weighted by molar-refractivity contribution is 14.1. The van der Waals surface area contributed by atoms with Gasteiger partial charge in [-0.05, 0) is 38.5 Å². The maximum atomic E-state index is 6.11. The second-order valence-corrected chi connectivity index (χ2v) is 9.53. The van der Waals surface area contributed by atoms with E-state index in [1.165, 1.54) is 107 Å². The fraction of sp³-hybridized carbons (Fsp3) is 0.926. The zero-order valence-electron chi connectivity index (χ0n) is 20.3. The van der Waals surface area contributed by atoms with E-state index in [2.05, 4.69) is 48.3 Å². The minimum absolute atomic E-state index is 0.00558. The summed E-state index contributed by atoms with van der Waals surface area (Å²) in [5.74, 6) is 6.60. The van der Waals surface area contributed by atoms with Crippen LogP contribution in [-0.2, 0) is 9.47 Å². The Labute approximate surface area is 203 Å². The Morgan fingerprint density at radius 2 is 1.03 bits per heavy atom. The molecule has 0 aliphatic carbocycles. The van der Waals surface area contributed by atoms with Gasteiger partial charge >= 0.3 is 0 Å². The van der Waals surface area contributed by atoms with Crippen molar-refractivity contribution in [3.8, 4) is 11.8 Å². The van der Waals surface area contributed by atoms with E-state index in [1.807, 2.05) is 0 Å². The summed E-state index contributed by atoms with van der Waals surface area (Å²) < 4.78 is 13.4. The van der Waals surface area contributed by atoms with Gasteiger partial charge < -0.3 is 9.47 Å². The number of hydrogen-bond acceptors (Lipinski definition) is 2. The zero-order valence-corrected chi connectivity index (χ0v) is 22.5. The molecule has 0 rings (SSSR count). The van der Waals surface area contributed by atoms with Crippen LogP contribution in [0.5, 0.6) is 0 Å². The monoisotopic (exact) mass is 534 g/mol. The highest BCUT2D eigenvalue weighted by Gasteiger charge is 2.09. The zero-order chi connectivity index (χ0) is 22.0. The summed E-state index contributed by atoms with van der Waals surface area (Å²) >= 11 is 2.42. The molecule has 0 saturated carbocycles. The third-order valence-corrected chi connectivity index (χ3v) is 6.17. The Kier molecular flexibility index (Phi) is 27.4. The second-order valence-electron chi connectivity index (χ2n) is 8.45. The lowest BCUT2D eigenvalue weighted by Crippen LogP contribution is -2.19. The number of hydrogen-bond donors (Lipinski definition) is 0. The SMILES string of the molecule is CCCCCCCCOC(CCCCCC#CCCCI)OCCCCCCCC. The van der Waals surface area contributed by atoms with Crippen LogP contribution in [0.2, 0.25) is 0 Å². The van der Waals surface area contributed by atoms with E-state index in [9.17, 15) is 0 Å². The molecular weight excluding hydrogens is 483 g/mol. The van der Waals surface area contributed by atoms with E-state index in [-0.39, 0.29) is 6.29 Å². The molecule has 0 bridgehead atoms. The Morgan fingerprint density at radius 3 is 1.57 bits per heavy atom. The van der Waals surface area contributed by atoms with Gasteiger partial charge in [0.15, 0.2) is 6.29 Å². The highest BCUT2D eigenvalue weighted by Crippen LogP contribution is 2.13. The quantitative estimate of drug-likeness (QED) is 0.0428. The normalized spacial score (nSPS) is 11.1. The van der Waals surface area contributed by atoms with E-state index in [0.717, 1.165) is 32.5 Å². The van der Waals surface area contributed by atoms with Gasteiger partial charge in [0, 0.05) is 30.5 Å². The predicted molar refractivity (Wildman–Crippen MR) is 141 cm³/mol. The van der Waals surface area contributed by atoms with Crippen molar-refractivity contribution in [1.82, 2.24) is 0 Å². The van der Waals surface area contributed by atoms with Crippen molar-refractivity contribution >= 4 is 22.6 Å². The average molecular weight is 535 g/mol. The number of unbranched alkanes of at least 4 members (excludes halogenated alkanes) is 14. The number of halogens is 1. The molecule has 178 valence electrons. The van der Waals surface area contributed by atoms with E-state index in [4.69, 9.17) is 9.47 Å². The van der Waals surface area contributed by atoms with Crippen molar-refractivity contribution in [1.29, 1.82) is 0 Å². The van der Waals surface area contributed by atoms with Gasteiger partial charge in [0.2, 0.25) is 0 Å². The van der Waals surface area contributed by atoms with Crippen LogP contribution in [0.3, 0.4) is 0 Å². The minimum atomic E-state index is 0.00558. The van der Waals surface area contributed by atoms with Gasteiger partial charge in [0.25, 0.3) is 0 Å². The van der Waals surface area contributed by atoms with Crippen molar-refractivity contribution in [2.45, 2.75) is 142 Å². The topological polar surface area (TPSA) is 18.5 Å². The minimum Gasteiger partial charge on any atom is -0.353 e. The van der Waals surface area contributed by atoms with Gasteiger partial charge in [0.05, 0.1) is 0 Å². The average Bonchev–Trinajstić information content (AvgIpc) is 2.76. The molecule has 30 heavy (non-hydrogen) atoms. The largest absolute Gasteiger partial charge is 0.353 e. The van der Waals surface area contributed by atoms with Gasteiger partial charge in [-0.15, -0.1) is 11.8 Å². The van der Waals surface area contributed by atoms with E-state index < -0.39 is 0 Å². The first kappa shape index (κ1) is 30.2. The molecule has 0 N–H and O–H groups in total. The van der Waals surface area contributed by atoms with E-state index in [1.54, 1.807) is 0 Å². The van der Waals surface area contributed by atoms with Crippen LogP contribution >= 0.6 is 22.6 Å². The molecule has 0 aliphatic heterocycles. The fourth-order valence-electron chi connectivity index (χ4n) is 3.44. The lowest BCUT2D eigenvalue weighted by Gasteiger charge is -2.19. The maximum absolute atomic E-state index is 6.11. The molecule has 0 spiro atoms. The molecule has 0 saturated heterocycles. The number of alkyl halides is 1. The lowest BCUT2D eigenvalue weighted by atomic mass is 10.1. The molecule has 0 unspecified atom stereocenters. The molecule has 0 atom stereocenters. The Hall–Kier alpha value is 0.210. The van der Waals surface area contributed by atoms with Crippen molar-refractivity contribution < 1.29 is 9.47 Å². The summed E-state index contributed by atoms with van der Waals surface area (Å²) in [4.78, 5) is 0. The fourth-order valence-corrected chi connectivity index (χ4v) is 3.82. The molecule has 0 heterocycles. The van der Waals surface area contributed by atoms with Gasteiger partial charge in [0.1, 0.15) is 0 Å². The van der Waals surface area contributed by atoms with Crippen molar-refractivity contribution in [3.63, 3.8) is 0 Å². The van der Waals surface area contributed by atoms with E-state index >= 15 is 0 Å². The van der Waals surface area contributed by atoms with Crippen molar-refractivity contribution in [2.75, 3.05) is 17.6 Å². The summed E-state index contributed by atoms with van der Waals surface area (Å²) in [5.41, 5.74) is 0. The first-order valence-corrected chi connectivity index (χ1v) is 14.6. The van der Waals surface area contributed by atoms with Crippen molar-refractivity contribution in [2.24, 2.45) is 0 Å². The van der Waals surface area contributed by atoms with Crippen LogP contribution in [0.15, 0.2) is 0 Å². The Morgan fingerprint density at radius 1 is 0.567 bits per heavy atom. The van der Waals surface area contributed by atoms with Crippen LogP contribution < -0.4 is 0 Å². The first-order valence-electron chi connectivity index (χ1n) is 13.1. The predicted octanol–water partition coefficient (Wildman–Crippen LogP) is 9.24. The third-order valence-electron chi connectivity index (χ3n) is 5.41. The standard InChI is InChI=1S/C27H51IO2/c1-3-5-7-9-17-21-25-29-27(30-26-22-18-10-8-6-4-2)23-19-15-13-11-12-14-16-20-24-28/h27H,3-11,13,15-26H2,1-2H3. The van der Waals surface area contributed by atoms with Gasteiger partial charge in [-0.2, -0.15) is 0 Å². The first-order chi connectivity index (χ1) is 14.8. The summed E-state index contributed by atoms with van der Waals surface area (Å²) in [5, 5.41) is 0. The van der Waals surface area contributed by atoms with E-state index in [0.29, 0.717) is 0 Å². The molecule has 0 aromatic heterocycles. The lowest BCUT2D eigenvalue weighted by molar-refractivity contribution is -0.148. The van der Waals surface area contributed by atoms with Crippen LogP contribution in [0.4, 0.5) is 0 Å². The summed E-state index contributed by atoms with van der Waals surface area (Å²) in [7, 11) is 0. The molecule has 0 amide bonds. The van der Waals surface area contributed by atoms with Crippen molar-refractivity contribution in [3.05, 3.63) is 0 Å². The summed E-state index contributed by atoms with van der Waals surface area (Å²) in [6.07, 6.45) is 23.7. The van der Waals surface area contributed by atoms with Gasteiger partial charge in [-0.25, -0.2) is 0 Å². The molecule has 2 nitrogen and oxygen atoms in total. The molecule has 0 fully saturated rings. The van der Waals surface area contributed by atoms with Crippen LogP contribution in [0.25, 0.3) is 0 Å². The molecule has 3 heteroatoms. The number of ether oxygens (including phenoxy) is 2. The summed E-state index contributed by atoms with van der Waals surface area (Å²) in [6, 6.07) is 0. The highest BCUT2D eigenvalue weighted by atomic mass is 127. The molecule has 0 aromatic carbocycles. The molecule has 0 aliphatic rings. The molecule has 0 radical (unpaired) electrons. The molecular formula is C27H51IO2. The van der Waals surface area contributed by atoms with Crippen LogP contribution in [0, 0.1) is 11.8 Å². The maximum Gasteiger partial charge on any atom is 0.157 e. The van der Waals surface area contributed by atoms with Crippen LogP contribution in [-0.4, -0.2) is 23.9 Å².